The second-order valence-electron chi connectivity index (χ2n) is 3.85. The average molecular weight is 171 g/mol. The molecule has 1 aliphatic rings. The first kappa shape index (κ1) is 10.0. The van der Waals surface area contributed by atoms with Crippen molar-refractivity contribution in [2.45, 2.75) is 32.6 Å². The quantitative estimate of drug-likeness (QED) is 0.696. The van der Waals surface area contributed by atoms with Gasteiger partial charge in [-0.15, -0.1) is 0 Å². The van der Waals surface area contributed by atoms with Crippen LogP contribution in [0.5, 0.6) is 0 Å². The lowest BCUT2D eigenvalue weighted by Crippen LogP contribution is -2.37. The minimum Gasteiger partial charge on any atom is -0.385 e. The molecule has 0 bridgehead atoms. The zero-order chi connectivity index (χ0) is 8.86. The number of piperidine rings is 1. The summed E-state index contributed by atoms with van der Waals surface area (Å²) < 4.78 is 5.15. The van der Waals surface area contributed by atoms with Crippen molar-refractivity contribution in [3.05, 3.63) is 0 Å². The van der Waals surface area contributed by atoms with E-state index in [-0.39, 0.29) is 0 Å². The summed E-state index contributed by atoms with van der Waals surface area (Å²) in [6, 6.07) is 0. The number of rotatable bonds is 4. The van der Waals surface area contributed by atoms with E-state index >= 15 is 0 Å². The van der Waals surface area contributed by atoms with Crippen LogP contribution < -0.4 is 5.32 Å². The summed E-state index contributed by atoms with van der Waals surface area (Å²) >= 11 is 0. The van der Waals surface area contributed by atoms with Crippen molar-refractivity contribution in [1.82, 2.24) is 5.32 Å². The molecule has 0 saturated carbocycles. The molecule has 72 valence electrons. The smallest absolute Gasteiger partial charge is 0.0467 e. The molecule has 0 amide bonds. The Balaban J connectivity index is 2.37. The van der Waals surface area contributed by atoms with Gasteiger partial charge >= 0.3 is 0 Å². The van der Waals surface area contributed by atoms with E-state index in [9.17, 15) is 0 Å². The lowest BCUT2D eigenvalue weighted by atomic mass is 9.74. The molecule has 0 aliphatic carbocycles. The molecule has 0 atom stereocenters. The fraction of sp³-hybridized carbons (Fsp3) is 1.00. The maximum atomic E-state index is 5.15. The Kier molecular flexibility index (Phi) is 4.02. The third kappa shape index (κ3) is 2.46. The molecule has 1 heterocycles. The van der Waals surface area contributed by atoms with Gasteiger partial charge in [-0.1, -0.05) is 13.3 Å². The van der Waals surface area contributed by atoms with Crippen LogP contribution in [-0.4, -0.2) is 26.8 Å². The van der Waals surface area contributed by atoms with E-state index < -0.39 is 0 Å². The Morgan fingerprint density at radius 2 is 2.00 bits per heavy atom. The van der Waals surface area contributed by atoms with Crippen LogP contribution in [0.25, 0.3) is 0 Å². The molecular weight excluding hydrogens is 150 g/mol. The van der Waals surface area contributed by atoms with Gasteiger partial charge in [0.05, 0.1) is 0 Å². The first-order chi connectivity index (χ1) is 5.83. The topological polar surface area (TPSA) is 21.3 Å². The molecule has 12 heavy (non-hydrogen) atoms. The summed E-state index contributed by atoms with van der Waals surface area (Å²) in [5.74, 6) is 0. The Morgan fingerprint density at radius 1 is 1.33 bits per heavy atom. The van der Waals surface area contributed by atoms with Crippen LogP contribution in [0.2, 0.25) is 0 Å². The van der Waals surface area contributed by atoms with Gasteiger partial charge in [0.25, 0.3) is 0 Å². The number of hydrogen-bond donors (Lipinski definition) is 1. The standard InChI is InChI=1S/C10H21NO/c1-3-10(6-9-12-2)4-7-11-8-5-10/h11H,3-9H2,1-2H3. The van der Waals surface area contributed by atoms with Gasteiger partial charge in [-0.25, -0.2) is 0 Å². The molecule has 2 nitrogen and oxygen atoms in total. The van der Waals surface area contributed by atoms with Crippen LogP contribution in [0.1, 0.15) is 32.6 Å². The van der Waals surface area contributed by atoms with E-state index in [4.69, 9.17) is 4.74 Å². The average Bonchev–Trinajstić information content (AvgIpc) is 2.16. The highest BCUT2D eigenvalue weighted by Gasteiger charge is 2.29. The maximum absolute atomic E-state index is 5.15. The second-order valence-corrected chi connectivity index (χ2v) is 3.85. The van der Waals surface area contributed by atoms with E-state index in [2.05, 4.69) is 12.2 Å². The maximum Gasteiger partial charge on any atom is 0.0467 e. The van der Waals surface area contributed by atoms with Crippen LogP contribution in [0.15, 0.2) is 0 Å². The summed E-state index contributed by atoms with van der Waals surface area (Å²) in [5.41, 5.74) is 0.585. The Hall–Kier alpha value is -0.0800. The molecule has 0 unspecified atom stereocenters. The highest BCUT2D eigenvalue weighted by molar-refractivity contribution is 4.83. The van der Waals surface area contributed by atoms with Crippen molar-refractivity contribution in [1.29, 1.82) is 0 Å². The van der Waals surface area contributed by atoms with Crippen LogP contribution in [0.3, 0.4) is 0 Å². The number of ether oxygens (including phenoxy) is 1. The van der Waals surface area contributed by atoms with E-state index in [0.717, 1.165) is 6.61 Å². The van der Waals surface area contributed by atoms with Gasteiger partial charge in [-0.05, 0) is 37.8 Å². The van der Waals surface area contributed by atoms with Gasteiger partial charge in [0.1, 0.15) is 0 Å². The third-order valence-corrected chi connectivity index (χ3v) is 3.25. The van der Waals surface area contributed by atoms with E-state index in [1.54, 1.807) is 7.11 Å². The minimum absolute atomic E-state index is 0.585. The molecule has 1 N–H and O–H groups in total. The molecule has 1 aliphatic heterocycles. The molecular formula is C10H21NO. The van der Waals surface area contributed by atoms with E-state index in [1.807, 2.05) is 0 Å². The lowest BCUT2D eigenvalue weighted by Gasteiger charge is -2.36. The molecule has 0 aromatic heterocycles. The monoisotopic (exact) mass is 171 g/mol. The van der Waals surface area contributed by atoms with Gasteiger partial charge < -0.3 is 10.1 Å². The second kappa shape index (κ2) is 4.83. The molecule has 0 aromatic rings. The van der Waals surface area contributed by atoms with Crippen molar-refractivity contribution in [2.24, 2.45) is 5.41 Å². The molecule has 0 radical (unpaired) electrons. The summed E-state index contributed by atoms with van der Waals surface area (Å²) in [6.45, 7) is 5.62. The van der Waals surface area contributed by atoms with E-state index in [1.165, 1.54) is 38.8 Å². The number of nitrogens with one attached hydrogen (secondary N) is 1. The van der Waals surface area contributed by atoms with Crippen molar-refractivity contribution in [3.8, 4) is 0 Å². The number of hydrogen-bond acceptors (Lipinski definition) is 2. The SMILES string of the molecule is CCC1(CCOC)CCNCC1. The van der Waals surface area contributed by atoms with Crippen LogP contribution in [0, 0.1) is 5.41 Å². The van der Waals surface area contributed by atoms with Crippen LogP contribution in [-0.2, 0) is 4.74 Å². The summed E-state index contributed by atoms with van der Waals surface area (Å²) in [7, 11) is 1.80. The van der Waals surface area contributed by atoms with E-state index in [0.29, 0.717) is 5.41 Å². The fourth-order valence-electron chi connectivity index (χ4n) is 2.06. The Bertz CT molecular complexity index is 119. The lowest BCUT2D eigenvalue weighted by molar-refractivity contribution is 0.105. The van der Waals surface area contributed by atoms with Crippen molar-refractivity contribution in [2.75, 3.05) is 26.8 Å². The largest absolute Gasteiger partial charge is 0.385 e. The normalized spacial score (nSPS) is 22.5. The van der Waals surface area contributed by atoms with Crippen molar-refractivity contribution in [3.63, 3.8) is 0 Å². The first-order valence-corrected chi connectivity index (χ1v) is 5.03. The number of methoxy groups -OCH3 is 1. The third-order valence-electron chi connectivity index (χ3n) is 3.25. The highest BCUT2D eigenvalue weighted by Crippen LogP contribution is 2.35. The zero-order valence-corrected chi connectivity index (χ0v) is 8.36. The molecule has 0 aromatic carbocycles. The van der Waals surface area contributed by atoms with Crippen molar-refractivity contribution >= 4 is 0 Å². The first-order valence-electron chi connectivity index (χ1n) is 5.03. The highest BCUT2D eigenvalue weighted by atomic mass is 16.5. The molecule has 0 spiro atoms. The minimum atomic E-state index is 0.585. The summed E-state index contributed by atoms with van der Waals surface area (Å²) in [6.07, 6.45) is 5.19. The Morgan fingerprint density at radius 3 is 2.50 bits per heavy atom. The van der Waals surface area contributed by atoms with Gasteiger partial charge in [-0.2, -0.15) is 0 Å². The Labute approximate surface area is 75.7 Å². The molecule has 1 saturated heterocycles. The zero-order valence-electron chi connectivity index (χ0n) is 8.36. The van der Waals surface area contributed by atoms with Gasteiger partial charge in [0.15, 0.2) is 0 Å². The van der Waals surface area contributed by atoms with Crippen LogP contribution in [0.4, 0.5) is 0 Å². The molecule has 1 fully saturated rings. The fourth-order valence-corrected chi connectivity index (χ4v) is 2.06. The molecule has 2 heteroatoms. The van der Waals surface area contributed by atoms with Crippen molar-refractivity contribution < 1.29 is 4.74 Å². The van der Waals surface area contributed by atoms with Gasteiger partial charge in [-0.3, -0.25) is 0 Å². The van der Waals surface area contributed by atoms with Gasteiger partial charge in [0.2, 0.25) is 0 Å². The van der Waals surface area contributed by atoms with Crippen LogP contribution >= 0.6 is 0 Å². The van der Waals surface area contributed by atoms with Gasteiger partial charge in [0, 0.05) is 13.7 Å². The summed E-state index contributed by atoms with van der Waals surface area (Å²) in [4.78, 5) is 0. The predicted molar refractivity (Wildman–Crippen MR) is 51.3 cm³/mol. The molecule has 1 rings (SSSR count). The predicted octanol–water partition coefficient (Wildman–Crippen LogP) is 1.80. The summed E-state index contributed by atoms with van der Waals surface area (Å²) in [5, 5.41) is 3.41.